The van der Waals surface area contributed by atoms with Gasteiger partial charge in [0.2, 0.25) is 0 Å². The lowest BCUT2D eigenvalue weighted by molar-refractivity contribution is -0.137. The topological polar surface area (TPSA) is 98.0 Å². The van der Waals surface area contributed by atoms with Crippen LogP contribution in [0.1, 0.15) is 34.1 Å². The molecule has 0 aliphatic rings. The first kappa shape index (κ1) is 17.4. The van der Waals surface area contributed by atoms with E-state index in [0.717, 1.165) is 0 Å². The summed E-state index contributed by atoms with van der Waals surface area (Å²) in [6.07, 6.45) is 1.06. The molecule has 0 fully saturated rings. The predicted octanol–water partition coefficient (Wildman–Crippen LogP) is 2.55. The molecule has 2 aromatic rings. The van der Waals surface area contributed by atoms with Crippen molar-refractivity contribution in [2.24, 2.45) is 0 Å². The highest BCUT2D eigenvalue weighted by Crippen LogP contribution is 2.31. The molecule has 24 heavy (non-hydrogen) atoms. The van der Waals surface area contributed by atoms with Crippen LogP contribution in [0.25, 0.3) is 0 Å². The first-order valence-corrected chi connectivity index (χ1v) is 7.24. The monoisotopic (exact) mass is 333 g/mol. The molecule has 0 saturated heterocycles. The van der Waals surface area contributed by atoms with Crippen molar-refractivity contribution in [1.29, 1.82) is 0 Å². The molecule has 0 spiro atoms. The Balaban J connectivity index is 2.28. The molecule has 1 amide bonds. The summed E-state index contributed by atoms with van der Waals surface area (Å²) in [4.78, 5) is 23.4. The van der Waals surface area contributed by atoms with Gasteiger partial charge in [-0.05, 0) is 30.7 Å². The third-order valence-corrected chi connectivity index (χ3v) is 3.49. The van der Waals surface area contributed by atoms with Gasteiger partial charge in [-0.25, -0.2) is 0 Å². The number of hydrogen-bond donors (Lipinski definition) is 2. The Hall–Kier alpha value is -2.96. The molecule has 0 radical (unpaired) electrons. The number of carbonyl (C=O) groups is 2. The SMILES string of the molecule is COc1ccc(C(CC(=O)O)NC(=O)c2coc(C)c2)cc1OC. The zero-order valence-corrected chi connectivity index (χ0v) is 13.7. The molecule has 128 valence electrons. The Morgan fingerprint density at radius 1 is 1.21 bits per heavy atom. The minimum atomic E-state index is -1.03. The van der Waals surface area contributed by atoms with E-state index in [2.05, 4.69) is 5.32 Å². The molecular formula is C17H19NO6. The molecule has 1 atom stereocenters. The number of ether oxygens (including phenoxy) is 2. The van der Waals surface area contributed by atoms with Crippen LogP contribution in [0.5, 0.6) is 11.5 Å². The average molecular weight is 333 g/mol. The third-order valence-electron chi connectivity index (χ3n) is 3.49. The van der Waals surface area contributed by atoms with E-state index in [4.69, 9.17) is 19.0 Å². The number of methoxy groups -OCH3 is 2. The first-order chi connectivity index (χ1) is 11.4. The summed E-state index contributed by atoms with van der Waals surface area (Å²) in [5.74, 6) is 0.137. The molecule has 1 unspecified atom stereocenters. The Morgan fingerprint density at radius 3 is 2.46 bits per heavy atom. The van der Waals surface area contributed by atoms with Crippen molar-refractivity contribution >= 4 is 11.9 Å². The van der Waals surface area contributed by atoms with E-state index in [1.807, 2.05) is 0 Å². The molecule has 0 aliphatic heterocycles. The van der Waals surface area contributed by atoms with E-state index in [1.165, 1.54) is 20.5 Å². The number of aryl methyl sites for hydroxylation is 1. The summed E-state index contributed by atoms with van der Waals surface area (Å²) in [5, 5.41) is 11.8. The van der Waals surface area contributed by atoms with Gasteiger partial charge in [-0.1, -0.05) is 6.07 Å². The second-order valence-electron chi connectivity index (χ2n) is 5.18. The van der Waals surface area contributed by atoms with Crippen LogP contribution in [0.2, 0.25) is 0 Å². The van der Waals surface area contributed by atoms with Crippen LogP contribution in [-0.4, -0.2) is 31.2 Å². The summed E-state index contributed by atoms with van der Waals surface area (Å²) in [6, 6.07) is 5.87. The lowest BCUT2D eigenvalue weighted by Crippen LogP contribution is -2.30. The van der Waals surface area contributed by atoms with Gasteiger partial charge < -0.3 is 24.3 Å². The molecule has 1 aromatic heterocycles. The van der Waals surface area contributed by atoms with E-state index in [1.54, 1.807) is 31.2 Å². The van der Waals surface area contributed by atoms with Crippen LogP contribution in [0.15, 0.2) is 34.9 Å². The Labute approximate surface area is 139 Å². The van der Waals surface area contributed by atoms with Gasteiger partial charge in [-0.2, -0.15) is 0 Å². The van der Waals surface area contributed by atoms with Gasteiger partial charge in [-0.3, -0.25) is 9.59 Å². The predicted molar refractivity (Wildman–Crippen MR) is 85.5 cm³/mol. The highest BCUT2D eigenvalue weighted by Gasteiger charge is 2.21. The fourth-order valence-electron chi connectivity index (χ4n) is 2.30. The van der Waals surface area contributed by atoms with E-state index in [0.29, 0.717) is 28.4 Å². The molecule has 7 heteroatoms. The lowest BCUT2D eigenvalue weighted by Gasteiger charge is -2.18. The minimum absolute atomic E-state index is 0.266. The fraction of sp³-hybridized carbons (Fsp3) is 0.294. The Bertz CT molecular complexity index is 736. The average Bonchev–Trinajstić information content (AvgIpc) is 2.99. The van der Waals surface area contributed by atoms with Crippen molar-refractivity contribution < 1.29 is 28.6 Å². The standard InChI is InChI=1S/C17H19NO6/c1-10-6-12(9-24-10)17(21)18-13(8-16(19)20)11-4-5-14(22-2)15(7-11)23-3/h4-7,9,13H,8H2,1-3H3,(H,18,21)(H,19,20). The number of rotatable bonds is 7. The lowest BCUT2D eigenvalue weighted by atomic mass is 10.0. The number of nitrogens with one attached hydrogen (secondary N) is 1. The van der Waals surface area contributed by atoms with Crippen molar-refractivity contribution in [3.8, 4) is 11.5 Å². The van der Waals surface area contributed by atoms with Gasteiger partial charge in [-0.15, -0.1) is 0 Å². The van der Waals surface area contributed by atoms with Gasteiger partial charge in [0.15, 0.2) is 11.5 Å². The number of aliphatic carboxylic acids is 1. The van der Waals surface area contributed by atoms with Crippen molar-refractivity contribution in [1.82, 2.24) is 5.32 Å². The van der Waals surface area contributed by atoms with Crippen molar-refractivity contribution in [3.63, 3.8) is 0 Å². The summed E-state index contributed by atoms with van der Waals surface area (Å²) in [7, 11) is 3.00. The van der Waals surface area contributed by atoms with Crippen molar-refractivity contribution in [2.45, 2.75) is 19.4 Å². The van der Waals surface area contributed by atoms with Gasteiger partial charge >= 0.3 is 5.97 Å². The van der Waals surface area contributed by atoms with E-state index in [9.17, 15) is 9.59 Å². The highest BCUT2D eigenvalue weighted by atomic mass is 16.5. The molecule has 1 heterocycles. The quantitative estimate of drug-likeness (QED) is 0.808. The molecule has 2 N–H and O–H groups in total. The molecule has 2 rings (SSSR count). The smallest absolute Gasteiger partial charge is 0.305 e. The van der Waals surface area contributed by atoms with Crippen molar-refractivity contribution in [3.05, 3.63) is 47.4 Å². The summed E-state index contributed by atoms with van der Waals surface area (Å²) >= 11 is 0. The van der Waals surface area contributed by atoms with E-state index in [-0.39, 0.29) is 6.42 Å². The molecule has 7 nitrogen and oxygen atoms in total. The molecule has 0 bridgehead atoms. The number of hydrogen-bond acceptors (Lipinski definition) is 5. The van der Waals surface area contributed by atoms with Crippen LogP contribution >= 0.6 is 0 Å². The number of carboxylic acid groups (broad SMARTS) is 1. The number of carbonyl (C=O) groups excluding carboxylic acids is 1. The maximum Gasteiger partial charge on any atom is 0.305 e. The highest BCUT2D eigenvalue weighted by molar-refractivity contribution is 5.94. The summed E-state index contributed by atoms with van der Waals surface area (Å²) in [6.45, 7) is 1.72. The molecular weight excluding hydrogens is 314 g/mol. The third kappa shape index (κ3) is 4.07. The van der Waals surface area contributed by atoms with Gasteiger partial charge in [0.1, 0.15) is 12.0 Å². The zero-order chi connectivity index (χ0) is 17.7. The Morgan fingerprint density at radius 2 is 1.92 bits per heavy atom. The second-order valence-corrected chi connectivity index (χ2v) is 5.18. The van der Waals surface area contributed by atoms with Crippen molar-refractivity contribution in [2.75, 3.05) is 14.2 Å². The largest absolute Gasteiger partial charge is 0.493 e. The number of benzene rings is 1. The first-order valence-electron chi connectivity index (χ1n) is 7.24. The zero-order valence-electron chi connectivity index (χ0n) is 13.7. The molecule has 0 aliphatic carbocycles. The van der Waals surface area contributed by atoms with Crippen LogP contribution in [0.3, 0.4) is 0 Å². The normalized spacial score (nSPS) is 11.6. The van der Waals surface area contributed by atoms with Crippen LogP contribution in [0.4, 0.5) is 0 Å². The maximum absolute atomic E-state index is 12.3. The maximum atomic E-state index is 12.3. The molecule has 0 saturated carbocycles. The van der Waals surface area contributed by atoms with Crippen LogP contribution in [-0.2, 0) is 4.79 Å². The van der Waals surface area contributed by atoms with Crippen LogP contribution < -0.4 is 14.8 Å². The second kappa shape index (κ2) is 7.54. The van der Waals surface area contributed by atoms with Gasteiger partial charge in [0.25, 0.3) is 5.91 Å². The summed E-state index contributed by atoms with van der Waals surface area (Å²) in [5.41, 5.74) is 0.937. The van der Waals surface area contributed by atoms with Crippen LogP contribution in [0, 0.1) is 6.92 Å². The Kier molecular flexibility index (Phi) is 5.47. The summed E-state index contributed by atoms with van der Waals surface area (Å²) < 4.78 is 15.5. The van der Waals surface area contributed by atoms with Gasteiger partial charge in [0, 0.05) is 0 Å². The van der Waals surface area contributed by atoms with Gasteiger partial charge in [0.05, 0.1) is 32.2 Å². The van der Waals surface area contributed by atoms with E-state index >= 15 is 0 Å². The number of carboxylic acids is 1. The van der Waals surface area contributed by atoms with E-state index < -0.39 is 17.9 Å². The minimum Gasteiger partial charge on any atom is -0.493 e. The number of amides is 1. The molecule has 1 aromatic carbocycles. The number of furan rings is 1. The fourth-order valence-corrected chi connectivity index (χ4v) is 2.30.